The van der Waals surface area contributed by atoms with Crippen LogP contribution in [0, 0.1) is 0 Å². The highest BCUT2D eigenvalue weighted by molar-refractivity contribution is 5.78. The predicted molar refractivity (Wildman–Crippen MR) is 79.6 cm³/mol. The van der Waals surface area contributed by atoms with Crippen molar-refractivity contribution < 1.29 is 9.90 Å². The van der Waals surface area contributed by atoms with Gasteiger partial charge in [-0.05, 0) is 60.4 Å². The van der Waals surface area contributed by atoms with Crippen LogP contribution in [0.15, 0.2) is 0 Å². The van der Waals surface area contributed by atoms with Gasteiger partial charge in [0.1, 0.15) is 5.54 Å². The van der Waals surface area contributed by atoms with Crippen LogP contribution in [0.4, 0.5) is 0 Å². The summed E-state index contributed by atoms with van der Waals surface area (Å²) in [5, 5.41) is 12.3. The Morgan fingerprint density at radius 2 is 1.79 bits per heavy atom. The monoisotopic (exact) mass is 273 g/mol. The third kappa shape index (κ3) is 8.18. The maximum Gasteiger partial charge on any atom is 0.323 e. The highest BCUT2D eigenvalue weighted by atomic mass is 16.4. The van der Waals surface area contributed by atoms with E-state index < -0.39 is 11.5 Å². The summed E-state index contributed by atoms with van der Waals surface area (Å²) in [6.07, 6.45) is 2.65. The molecule has 0 aromatic heterocycles. The molecular weight excluding hydrogens is 242 g/mol. The summed E-state index contributed by atoms with van der Waals surface area (Å²) in [6, 6.07) is 0. The fourth-order valence-corrected chi connectivity index (χ4v) is 2.00. The zero-order chi connectivity index (χ0) is 14.9. The molecule has 1 atom stereocenters. The lowest BCUT2D eigenvalue weighted by Gasteiger charge is -2.26. The second-order valence-corrected chi connectivity index (χ2v) is 5.73. The normalized spacial score (nSPS) is 14.9. The van der Waals surface area contributed by atoms with Gasteiger partial charge in [0, 0.05) is 13.1 Å². The topological polar surface area (TPSA) is 55.8 Å². The molecule has 5 nitrogen and oxygen atoms in total. The van der Waals surface area contributed by atoms with Crippen LogP contribution in [-0.2, 0) is 4.79 Å². The van der Waals surface area contributed by atoms with Gasteiger partial charge >= 0.3 is 5.97 Å². The molecule has 0 aromatic carbocycles. The van der Waals surface area contributed by atoms with Crippen molar-refractivity contribution in [2.45, 2.75) is 38.6 Å². The molecule has 0 rings (SSSR count). The first-order valence-electron chi connectivity index (χ1n) is 7.13. The minimum atomic E-state index is -0.781. The first-order chi connectivity index (χ1) is 8.81. The molecule has 0 aromatic rings. The number of nitrogens with one attached hydrogen (secondary N) is 1. The number of carbonyl (C=O) groups is 1. The molecule has 0 saturated carbocycles. The first-order valence-corrected chi connectivity index (χ1v) is 7.13. The molecule has 0 saturated heterocycles. The Bertz CT molecular complexity index is 259. The van der Waals surface area contributed by atoms with E-state index in [1.54, 1.807) is 6.92 Å². The standard InChI is InChI=1S/C14H31N3O2/c1-6-15-14(2,13(18)19)9-7-8-10-17(5)12-11-16(3)4/h15H,6-12H2,1-5H3,(H,18,19). The number of carboxylic acids is 1. The first kappa shape index (κ1) is 18.4. The highest BCUT2D eigenvalue weighted by Crippen LogP contribution is 2.14. The van der Waals surface area contributed by atoms with Crippen molar-refractivity contribution in [3.05, 3.63) is 0 Å². The minimum Gasteiger partial charge on any atom is -0.480 e. The molecule has 0 heterocycles. The Hall–Kier alpha value is -0.650. The van der Waals surface area contributed by atoms with Crippen molar-refractivity contribution in [3.8, 4) is 0 Å². The van der Waals surface area contributed by atoms with Crippen LogP contribution in [0.1, 0.15) is 33.1 Å². The summed E-state index contributed by atoms with van der Waals surface area (Å²) in [5.74, 6) is -0.754. The lowest BCUT2D eigenvalue weighted by Crippen LogP contribution is -2.49. The molecule has 0 spiro atoms. The number of unbranched alkanes of at least 4 members (excludes halogenated alkanes) is 1. The minimum absolute atomic E-state index is 0.678. The van der Waals surface area contributed by atoms with E-state index in [4.69, 9.17) is 0 Å². The number of carboxylic acid groups (broad SMARTS) is 1. The molecule has 2 N–H and O–H groups in total. The van der Waals surface area contributed by atoms with Gasteiger partial charge in [-0.3, -0.25) is 4.79 Å². The number of aliphatic carboxylic acids is 1. The van der Waals surface area contributed by atoms with Gasteiger partial charge in [-0.25, -0.2) is 0 Å². The van der Waals surface area contributed by atoms with Gasteiger partial charge in [0.25, 0.3) is 0 Å². The molecule has 0 aliphatic rings. The average Bonchev–Trinajstić information content (AvgIpc) is 2.32. The molecule has 1 unspecified atom stereocenters. The van der Waals surface area contributed by atoms with Crippen molar-refractivity contribution in [1.29, 1.82) is 0 Å². The summed E-state index contributed by atoms with van der Waals surface area (Å²) in [6.45, 7) is 7.53. The number of hydrogen-bond acceptors (Lipinski definition) is 4. The van der Waals surface area contributed by atoms with Gasteiger partial charge in [-0.2, -0.15) is 0 Å². The lowest BCUT2D eigenvalue weighted by atomic mass is 9.95. The molecule has 19 heavy (non-hydrogen) atoms. The summed E-state index contributed by atoms with van der Waals surface area (Å²) in [5.41, 5.74) is -0.781. The second kappa shape index (κ2) is 9.28. The molecule has 5 heteroatoms. The zero-order valence-corrected chi connectivity index (χ0v) is 13.2. The van der Waals surface area contributed by atoms with E-state index in [0.29, 0.717) is 13.0 Å². The van der Waals surface area contributed by atoms with Gasteiger partial charge in [0.05, 0.1) is 0 Å². The van der Waals surface area contributed by atoms with Crippen LogP contribution < -0.4 is 5.32 Å². The number of rotatable bonds is 11. The largest absolute Gasteiger partial charge is 0.480 e. The van der Waals surface area contributed by atoms with Crippen molar-refractivity contribution in [2.24, 2.45) is 0 Å². The third-order valence-corrected chi connectivity index (χ3v) is 3.43. The number of likely N-dealkylation sites (N-methyl/N-ethyl adjacent to an activating group) is 3. The summed E-state index contributed by atoms with van der Waals surface area (Å²) in [7, 11) is 6.26. The van der Waals surface area contributed by atoms with E-state index in [1.807, 2.05) is 6.92 Å². The van der Waals surface area contributed by atoms with Gasteiger partial charge in [-0.15, -0.1) is 0 Å². The molecule has 0 amide bonds. The van der Waals surface area contributed by atoms with Crippen LogP contribution in [0.2, 0.25) is 0 Å². The van der Waals surface area contributed by atoms with E-state index in [2.05, 4.69) is 36.3 Å². The fourth-order valence-electron chi connectivity index (χ4n) is 2.00. The second-order valence-electron chi connectivity index (χ2n) is 5.73. The van der Waals surface area contributed by atoms with Crippen LogP contribution in [0.3, 0.4) is 0 Å². The van der Waals surface area contributed by atoms with Crippen molar-refractivity contribution in [3.63, 3.8) is 0 Å². The van der Waals surface area contributed by atoms with Crippen LogP contribution >= 0.6 is 0 Å². The maximum atomic E-state index is 11.2. The molecular formula is C14H31N3O2. The molecule has 0 fully saturated rings. The van der Waals surface area contributed by atoms with Crippen molar-refractivity contribution in [2.75, 3.05) is 47.3 Å². The molecule has 0 aliphatic heterocycles. The van der Waals surface area contributed by atoms with Crippen molar-refractivity contribution in [1.82, 2.24) is 15.1 Å². The Balaban J connectivity index is 3.85. The molecule has 114 valence electrons. The Labute approximate surface area is 118 Å². The van der Waals surface area contributed by atoms with Gasteiger partial charge < -0.3 is 20.2 Å². The molecule has 0 bridgehead atoms. The average molecular weight is 273 g/mol. The van der Waals surface area contributed by atoms with Crippen LogP contribution in [0.5, 0.6) is 0 Å². The van der Waals surface area contributed by atoms with Crippen LogP contribution in [0.25, 0.3) is 0 Å². The fraction of sp³-hybridized carbons (Fsp3) is 0.929. The summed E-state index contributed by atoms with van der Waals surface area (Å²) < 4.78 is 0. The molecule has 0 aliphatic carbocycles. The van der Waals surface area contributed by atoms with E-state index >= 15 is 0 Å². The highest BCUT2D eigenvalue weighted by Gasteiger charge is 2.30. The van der Waals surface area contributed by atoms with Gasteiger partial charge in [-0.1, -0.05) is 6.92 Å². The van der Waals surface area contributed by atoms with E-state index in [1.165, 1.54) is 0 Å². The zero-order valence-electron chi connectivity index (χ0n) is 13.2. The third-order valence-electron chi connectivity index (χ3n) is 3.43. The quantitative estimate of drug-likeness (QED) is 0.552. The lowest BCUT2D eigenvalue weighted by molar-refractivity contribution is -0.144. The van der Waals surface area contributed by atoms with E-state index in [-0.39, 0.29) is 0 Å². The van der Waals surface area contributed by atoms with Gasteiger partial charge in [0.2, 0.25) is 0 Å². The SMILES string of the molecule is CCNC(C)(CCCCN(C)CCN(C)C)C(=O)O. The van der Waals surface area contributed by atoms with E-state index in [9.17, 15) is 9.90 Å². The van der Waals surface area contributed by atoms with Crippen molar-refractivity contribution >= 4 is 5.97 Å². The summed E-state index contributed by atoms with van der Waals surface area (Å²) in [4.78, 5) is 15.7. The number of nitrogens with zero attached hydrogens (tertiary/aromatic N) is 2. The molecule has 0 radical (unpaired) electrons. The summed E-state index contributed by atoms with van der Waals surface area (Å²) >= 11 is 0. The van der Waals surface area contributed by atoms with Gasteiger partial charge in [0.15, 0.2) is 0 Å². The predicted octanol–water partition coefficient (Wildman–Crippen LogP) is 1.10. The maximum absolute atomic E-state index is 11.2. The Morgan fingerprint density at radius 3 is 2.26 bits per heavy atom. The number of hydrogen-bond donors (Lipinski definition) is 2. The Kier molecular flexibility index (Phi) is 8.97. The Morgan fingerprint density at radius 1 is 1.16 bits per heavy atom. The van der Waals surface area contributed by atoms with Crippen LogP contribution in [-0.4, -0.2) is 73.7 Å². The van der Waals surface area contributed by atoms with E-state index in [0.717, 1.165) is 32.5 Å². The smallest absolute Gasteiger partial charge is 0.323 e.